The van der Waals surface area contributed by atoms with Crippen LogP contribution >= 0.6 is 0 Å². The number of halogens is 3. The summed E-state index contributed by atoms with van der Waals surface area (Å²) in [5.41, 5.74) is 2.32. The number of hydrogen-bond donors (Lipinski definition) is 0. The van der Waals surface area contributed by atoms with Crippen molar-refractivity contribution in [2.24, 2.45) is 0 Å². The fourth-order valence-corrected chi connectivity index (χ4v) is 4.58. The molecule has 1 atom stereocenters. The SMILES string of the molecule is Cc1cccc(OCCn2c([C@H]3CC(=O)N(c4cccc(C(F)(F)F)c4)C3)nc3ccccc32)c1. The van der Waals surface area contributed by atoms with Gasteiger partial charge in [-0.15, -0.1) is 0 Å². The van der Waals surface area contributed by atoms with Gasteiger partial charge in [0.25, 0.3) is 0 Å². The smallest absolute Gasteiger partial charge is 0.416 e. The van der Waals surface area contributed by atoms with Crippen molar-refractivity contribution < 1.29 is 22.7 Å². The van der Waals surface area contributed by atoms with Gasteiger partial charge in [-0.05, 0) is 55.0 Å². The highest BCUT2D eigenvalue weighted by Gasteiger charge is 2.36. The standard InChI is InChI=1S/C27H24F3N3O2/c1-18-6-4-9-22(14-18)35-13-12-32-24-11-3-2-10-23(24)31-26(32)19-15-25(34)33(17-19)21-8-5-7-20(16-21)27(28,29)30/h2-11,14,16,19H,12-13,15,17H2,1H3/t19-/m0/s1. The third-order valence-corrected chi connectivity index (χ3v) is 6.23. The van der Waals surface area contributed by atoms with Crippen molar-refractivity contribution in [2.45, 2.75) is 32.0 Å². The van der Waals surface area contributed by atoms with Crippen LogP contribution < -0.4 is 9.64 Å². The maximum atomic E-state index is 13.2. The van der Waals surface area contributed by atoms with Crippen molar-refractivity contribution in [1.29, 1.82) is 0 Å². The first-order chi connectivity index (χ1) is 16.8. The van der Waals surface area contributed by atoms with E-state index in [1.807, 2.05) is 55.5 Å². The quantitative estimate of drug-likeness (QED) is 0.343. The largest absolute Gasteiger partial charge is 0.492 e. The summed E-state index contributed by atoms with van der Waals surface area (Å²) in [5.74, 6) is 1.05. The van der Waals surface area contributed by atoms with Crippen LogP contribution in [0.4, 0.5) is 18.9 Å². The minimum Gasteiger partial charge on any atom is -0.492 e. The van der Waals surface area contributed by atoms with E-state index < -0.39 is 11.7 Å². The van der Waals surface area contributed by atoms with E-state index in [4.69, 9.17) is 9.72 Å². The van der Waals surface area contributed by atoms with Gasteiger partial charge in [0.15, 0.2) is 0 Å². The molecule has 1 aliphatic rings. The molecular weight excluding hydrogens is 455 g/mol. The van der Waals surface area contributed by atoms with Gasteiger partial charge in [-0.25, -0.2) is 4.98 Å². The van der Waals surface area contributed by atoms with Crippen molar-refractivity contribution >= 4 is 22.6 Å². The summed E-state index contributed by atoms with van der Waals surface area (Å²) in [4.78, 5) is 19.1. The zero-order chi connectivity index (χ0) is 24.6. The number of benzene rings is 3. The zero-order valence-corrected chi connectivity index (χ0v) is 19.1. The van der Waals surface area contributed by atoms with E-state index in [9.17, 15) is 18.0 Å². The van der Waals surface area contributed by atoms with Crippen LogP contribution in [-0.4, -0.2) is 28.6 Å². The summed E-state index contributed by atoms with van der Waals surface area (Å²) in [7, 11) is 0. The first-order valence-corrected chi connectivity index (χ1v) is 11.4. The Kier molecular flexibility index (Phi) is 5.96. The first-order valence-electron chi connectivity index (χ1n) is 11.4. The Morgan fingerprint density at radius 1 is 1.03 bits per heavy atom. The molecule has 1 amide bonds. The maximum absolute atomic E-state index is 13.2. The van der Waals surface area contributed by atoms with Crippen LogP contribution in [-0.2, 0) is 17.5 Å². The molecular formula is C27H24F3N3O2. The van der Waals surface area contributed by atoms with Crippen LogP contribution in [0.3, 0.4) is 0 Å². The molecule has 35 heavy (non-hydrogen) atoms. The Bertz CT molecular complexity index is 1380. The Morgan fingerprint density at radius 3 is 2.63 bits per heavy atom. The molecule has 0 spiro atoms. The summed E-state index contributed by atoms with van der Waals surface area (Å²) in [6.45, 7) is 3.21. The number of amides is 1. The third kappa shape index (κ3) is 4.73. The van der Waals surface area contributed by atoms with Crippen molar-refractivity contribution in [3.8, 4) is 5.75 Å². The Labute approximate surface area is 200 Å². The molecule has 0 saturated carbocycles. The van der Waals surface area contributed by atoms with E-state index in [0.29, 0.717) is 13.2 Å². The molecule has 1 fully saturated rings. The lowest BCUT2D eigenvalue weighted by Gasteiger charge is -2.19. The number of aromatic nitrogens is 2. The normalized spacial score (nSPS) is 16.3. The molecule has 0 N–H and O–H groups in total. The van der Waals surface area contributed by atoms with Crippen molar-refractivity contribution in [1.82, 2.24) is 9.55 Å². The Balaban J connectivity index is 1.40. The van der Waals surface area contributed by atoms with Gasteiger partial charge in [0.2, 0.25) is 5.91 Å². The molecule has 1 saturated heterocycles. The van der Waals surface area contributed by atoms with Crippen molar-refractivity contribution in [3.05, 3.63) is 89.7 Å². The average Bonchev–Trinajstić information content (AvgIpc) is 3.39. The molecule has 180 valence electrons. The summed E-state index contributed by atoms with van der Waals surface area (Å²) in [6, 6.07) is 20.4. The predicted octanol–water partition coefficient (Wildman–Crippen LogP) is 5.96. The van der Waals surface area contributed by atoms with E-state index in [0.717, 1.165) is 40.3 Å². The molecule has 1 aliphatic heterocycles. The number of hydrogen-bond acceptors (Lipinski definition) is 3. The second-order valence-corrected chi connectivity index (χ2v) is 8.73. The molecule has 0 aliphatic carbocycles. The molecule has 1 aromatic heterocycles. The number of fused-ring (bicyclic) bond motifs is 1. The molecule has 5 nitrogen and oxygen atoms in total. The van der Waals surface area contributed by atoms with Crippen molar-refractivity contribution in [2.75, 3.05) is 18.1 Å². The van der Waals surface area contributed by atoms with Gasteiger partial charge >= 0.3 is 6.18 Å². The number of rotatable bonds is 6. The van der Waals surface area contributed by atoms with Crippen LogP contribution in [0.1, 0.15) is 29.3 Å². The number of ether oxygens (including phenoxy) is 1. The van der Waals surface area contributed by atoms with Gasteiger partial charge in [0.05, 0.1) is 23.1 Å². The van der Waals surface area contributed by atoms with Gasteiger partial charge in [-0.3, -0.25) is 4.79 Å². The monoisotopic (exact) mass is 479 g/mol. The van der Waals surface area contributed by atoms with E-state index >= 15 is 0 Å². The molecule has 5 rings (SSSR count). The molecule has 3 aromatic carbocycles. The van der Waals surface area contributed by atoms with Gasteiger partial charge in [0, 0.05) is 24.6 Å². The zero-order valence-electron chi connectivity index (χ0n) is 19.1. The number of alkyl halides is 3. The average molecular weight is 480 g/mol. The number of carbonyl (C=O) groups excluding carboxylic acids is 1. The number of aryl methyl sites for hydroxylation is 1. The number of nitrogens with zero attached hydrogens (tertiary/aromatic N) is 3. The lowest BCUT2D eigenvalue weighted by Crippen LogP contribution is -2.25. The van der Waals surface area contributed by atoms with E-state index in [2.05, 4.69) is 4.57 Å². The Hall–Kier alpha value is -3.81. The molecule has 2 heterocycles. The van der Waals surface area contributed by atoms with Gasteiger partial charge in [-0.2, -0.15) is 13.2 Å². The van der Waals surface area contributed by atoms with E-state index in [1.54, 1.807) is 0 Å². The highest BCUT2D eigenvalue weighted by atomic mass is 19.4. The lowest BCUT2D eigenvalue weighted by molar-refractivity contribution is -0.137. The van der Waals surface area contributed by atoms with E-state index in [-0.39, 0.29) is 30.5 Å². The summed E-state index contributed by atoms with van der Waals surface area (Å²) in [5, 5.41) is 0. The molecule has 8 heteroatoms. The fraction of sp³-hybridized carbons (Fsp3) is 0.259. The predicted molar refractivity (Wildman–Crippen MR) is 128 cm³/mol. The molecule has 0 radical (unpaired) electrons. The second kappa shape index (κ2) is 9.09. The lowest BCUT2D eigenvalue weighted by atomic mass is 10.1. The van der Waals surface area contributed by atoms with E-state index in [1.165, 1.54) is 17.0 Å². The van der Waals surface area contributed by atoms with Gasteiger partial charge in [0.1, 0.15) is 18.2 Å². The molecule has 0 bridgehead atoms. The van der Waals surface area contributed by atoms with Crippen LogP contribution in [0.25, 0.3) is 11.0 Å². The van der Waals surface area contributed by atoms with Crippen LogP contribution in [0, 0.1) is 6.92 Å². The third-order valence-electron chi connectivity index (χ3n) is 6.23. The summed E-state index contributed by atoms with van der Waals surface area (Å²) in [6.07, 6.45) is -4.29. The minimum absolute atomic E-state index is 0.179. The van der Waals surface area contributed by atoms with Crippen LogP contribution in [0.15, 0.2) is 72.8 Å². The summed E-state index contributed by atoms with van der Waals surface area (Å²) < 4.78 is 47.6. The molecule has 0 unspecified atom stereocenters. The number of anilines is 1. The molecule has 4 aromatic rings. The fourth-order valence-electron chi connectivity index (χ4n) is 4.58. The highest BCUT2D eigenvalue weighted by molar-refractivity contribution is 5.96. The first kappa shape index (κ1) is 23.0. The Morgan fingerprint density at radius 2 is 1.83 bits per heavy atom. The topological polar surface area (TPSA) is 47.4 Å². The second-order valence-electron chi connectivity index (χ2n) is 8.73. The number of imidazole rings is 1. The number of carbonyl (C=O) groups is 1. The minimum atomic E-state index is -4.47. The maximum Gasteiger partial charge on any atom is 0.416 e. The highest BCUT2D eigenvalue weighted by Crippen LogP contribution is 2.36. The van der Waals surface area contributed by atoms with Gasteiger partial charge in [-0.1, -0.05) is 30.3 Å². The van der Waals surface area contributed by atoms with Crippen LogP contribution in [0.5, 0.6) is 5.75 Å². The number of para-hydroxylation sites is 2. The van der Waals surface area contributed by atoms with Crippen LogP contribution in [0.2, 0.25) is 0 Å². The van der Waals surface area contributed by atoms with Gasteiger partial charge < -0.3 is 14.2 Å². The van der Waals surface area contributed by atoms with Crippen molar-refractivity contribution in [3.63, 3.8) is 0 Å². The summed E-state index contributed by atoms with van der Waals surface area (Å²) >= 11 is 0.